The molecule has 0 aliphatic carbocycles. The normalized spacial score (nSPS) is 27.7. The van der Waals surface area contributed by atoms with Gasteiger partial charge < -0.3 is 9.47 Å². The lowest BCUT2D eigenvalue weighted by molar-refractivity contribution is -0.386. The van der Waals surface area contributed by atoms with E-state index in [-0.39, 0.29) is 23.6 Å². The molecule has 2 aliphatic heterocycles. The number of hydrogen-bond acceptors (Lipinski definition) is 4. The summed E-state index contributed by atoms with van der Waals surface area (Å²) in [4.78, 5) is 10.2. The van der Waals surface area contributed by atoms with Gasteiger partial charge in [0.2, 0.25) is 5.75 Å². The molecule has 6 heteroatoms. The third-order valence-corrected chi connectivity index (χ3v) is 3.11. The van der Waals surface area contributed by atoms with Crippen molar-refractivity contribution in [1.29, 1.82) is 0 Å². The molecule has 2 heterocycles. The summed E-state index contributed by atoms with van der Waals surface area (Å²) in [5, 5.41) is 10.9. The fraction of sp³-hybridized carbons (Fsp3) is 0.455. The number of nitro groups is 1. The highest BCUT2D eigenvalue weighted by Crippen LogP contribution is 2.56. The van der Waals surface area contributed by atoms with Crippen molar-refractivity contribution in [1.82, 2.24) is 0 Å². The van der Waals surface area contributed by atoms with Crippen LogP contribution in [0.4, 0.5) is 10.1 Å². The number of fused-ring (bicyclic) bond motifs is 3. The van der Waals surface area contributed by atoms with Crippen molar-refractivity contribution in [2.45, 2.75) is 31.7 Å². The quantitative estimate of drug-likeness (QED) is 0.428. The van der Waals surface area contributed by atoms with Crippen molar-refractivity contribution in [3.8, 4) is 5.75 Å². The average Bonchev–Trinajstić information content (AvgIpc) is 2.98. The minimum absolute atomic E-state index is 0.125. The largest absolute Gasteiger partial charge is 0.478 e. The Morgan fingerprint density at radius 1 is 1.47 bits per heavy atom. The van der Waals surface area contributed by atoms with E-state index in [9.17, 15) is 14.5 Å². The lowest BCUT2D eigenvalue weighted by Gasteiger charge is -2.28. The van der Waals surface area contributed by atoms with E-state index in [0.29, 0.717) is 5.56 Å². The third kappa shape index (κ3) is 1.40. The zero-order valence-electron chi connectivity index (χ0n) is 9.27. The Morgan fingerprint density at radius 2 is 2.18 bits per heavy atom. The molecular formula is C11H10FNO4. The fourth-order valence-corrected chi connectivity index (χ4v) is 2.26. The van der Waals surface area contributed by atoms with Gasteiger partial charge in [0.25, 0.3) is 0 Å². The van der Waals surface area contributed by atoms with Crippen molar-refractivity contribution < 1.29 is 18.8 Å². The van der Waals surface area contributed by atoms with Crippen LogP contribution in [0.25, 0.3) is 0 Å². The predicted molar refractivity (Wildman–Crippen MR) is 55.4 cm³/mol. The van der Waals surface area contributed by atoms with Gasteiger partial charge in [-0.25, -0.2) is 4.39 Å². The topological polar surface area (TPSA) is 64.9 Å². The van der Waals surface area contributed by atoms with E-state index in [0.717, 1.165) is 6.07 Å². The molecule has 2 atom stereocenters. The first kappa shape index (κ1) is 10.5. The molecule has 1 aromatic carbocycles. The van der Waals surface area contributed by atoms with Crippen molar-refractivity contribution in [3.63, 3.8) is 0 Å². The molecule has 17 heavy (non-hydrogen) atoms. The average molecular weight is 239 g/mol. The van der Waals surface area contributed by atoms with E-state index in [1.165, 1.54) is 6.07 Å². The van der Waals surface area contributed by atoms with Crippen LogP contribution in [-0.2, 0) is 4.74 Å². The van der Waals surface area contributed by atoms with Gasteiger partial charge in [-0.3, -0.25) is 10.1 Å². The van der Waals surface area contributed by atoms with E-state index >= 15 is 0 Å². The van der Waals surface area contributed by atoms with E-state index < -0.39 is 16.3 Å². The molecule has 0 spiro atoms. The van der Waals surface area contributed by atoms with Gasteiger partial charge in [-0.15, -0.1) is 0 Å². The highest BCUT2D eigenvalue weighted by atomic mass is 19.1. The molecule has 0 saturated carbocycles. The zero-order valence-corrected chi connectivity index (χ0v) is 9.27. The maximum Gasteiger partial charge on any atom is 0.314 e. The van der Waals surface area contributed by atoms with Crippen molar-refractivity contribution >= 4 is 5.69 Å². The number of nitro benzene ring substituents is 1. The Balaban J connectivity index is 2.20. The molecule has 1 fully saturated rings. The van der Waals surface area contributed by atoms with Gasteiger partial charge in [0.15, 0.2) is 0 Å². The van der Waals surface area contributed by atoms with Crippen LogP contribution in [0.15, 0.2) is 12.1 Å². The minimum Gasteiger partial charge on any atom is -0.478 e. The molecule has 2 aliphatic rings. The number of nitrogens with zero attached hydrogens (tertiary/aromatic N) is 1. The highest BCUT2D eigenvalue weighted by molar-refractivity contribution is 5.56. The lowest BCUT2D eigenvalue weighted by Crippen LogP contribution is -2.38. The summed E-state index contributed by atoms with van der Waals surface area (Å²) in [6.07, 6.45) is -0.445. The smallest absolute Gasteiger partial charge is 0.314 e. The van der Waals surface area contributed by atoms with Crippen LogP contribution >= 0.6 is 0 Å². The summed E-state index contributed by atoms with van der Waals surface area (Å²) in [6, 6.07) is 2.11. The van der Waals surface area contributed by atoms with E-state index in [2.05, 4.69) is 0 Å². The summed E-state index contributed by atoms with van der Waals surface area (Å²) in [7, 11) is 0. The highest BCUT2D eigenvalue weighted by Gasteiger charge is 2.58. The van der Waals surface area contributed by atoms with Crippen molar-refractivity contribution in [2.24, 2.45) is 0 Å². The molecule has 0 aromatic heterocycles. The van der Waals surface area contributed by atoms with Gasteiger partial charge in [0.05, 0.1) is 11.0 Å². The van der Waals surface area contributed by atoms with Crippen molar-refractivity contribution in [2.75, 3.05) is 0 Å². The molecule has 90 valence electrons. The second-order valence-corrected chi connectivity index (χ2v) is 4.78. The SMILES string of the molecule is CC1(C)Oc2c(cc(F)cc2[N+](=O)[O-])C2OC21. The zero-order chi connectivity index (χ0) is 12.4. The molecule has 1 aromatic rings. The van der Waals surface area contributed by atoms with Gasteiger partial charge in [0.1, 0.15) is 23.6 Å². The van der Waals surface area contributed by atoms with Gasteiger partial charge in [-0.2, -0.15) is 0 Å². The van der Waals surface area contributed by atoms with E-state index in [4.69, 9.17) is 9.47 Å². The summed E-state index contributed by atoms with van der Waals surface area (Å²) >= 11 is 0. The molecule has 2 unspecified atom stereocenters. The number of ether oxygens (including phenoxy) is 2. The summed E-state index contributed by atoms with van der Waals surface area (Å²) in [5.41, 5.74) is -0.539. The maximum atomic E-state index is 13.3. The molecule has 0 radical (unpaired) electrons. The Labute approximate surface area is 96.3 Å². The summed E-state index contributed by atoms with van der Waals surface area (Å²) in [5.74, 6) is -0.520. The Kier molecular flexibility index (Phi) is 1.82. The van der Waals surface area contributed by atoms with Gasteiger partial charge in [-0.05, 0) is 19.9 Å². The Bertz CT molecular complexity index is 528. The minimum atomic E-state index is -0.645. The number of halogens is 1. The Morgan fingerprint density at radius 3 is 2.82 bits per heavy atom. The molecule has 5 nitrogen and oxygen atoms in total. The monoisotopic (exact) mass is 239 g/mol. The van der Waals surface area contributed by atoms with Gasteiger partial charge in [-0.1, -0.05) is 0 Å². The van der Waals surface area contributed by atoms with Crippen LogP contribution in [0.3, 0.4) is 0 Å². The third-order valence-electron chi connectivity index (χ3n) is 3.11. The van der Waals surface area contributed by atoms with Crippen LogP contribution in [0.5, 0.6) is 5.75 Å². The lowest BCUT2D eigenvalue weighted by atomic mass is 9.94. The molecule has 1 saturated heterocycles. The van der Waals surface area contributed by atoms with Crippen LogP contribution in [0.2, 0.25) is 0 Å². The van der Waals surface area contributed by atoms with Crippen LogP contribution in [0.1, 0.15) is 25.5 Å². The summed E-state index contributed by atoms with van der Waals surface area (Å²) < 4.78 is 24.3. The molecule has 3 rings (SSSR count). The van der Waals surface area contributed by atoms with Crippen molar-refractivity contribution in [3.05, 3.63) is 33.6 Å². The van der Waals surface area contributed by atoms with Gasteiger partial charge in [0, 0.05) is 5.56 Å². The van der Waals surface area contributed by atoms with Gasteiger partial charge >= 0.3 is 5.69 Å². The Hall–Kier alpha value is -1.69. The fourth-order valence-electron chi connectivity index (χ4n) is 2.26. The molecule has 0 amide bonds. The number of benzene rings is 1. The first-order valence-electron chi connectivity index (χ1n) is 5.22. The number of rotatable bonds is 1. The second kappa shape index (κ2) is 2.95. The first-order chi connectivity index (χ1) is 7.90. The first-order valence-corrected chi connectivity index (χ1v) is 5.22. The molecular weight excluding hydrogens is 229 g/mol. The standard InChI is InChI=1S/C11H10FNO4/c1-11(2)10-9(16-10)6-3-5(12)4-7(13(14)15)8(6)17-11/h3-4,9-10H,1-2H3. The van der Waals surface area contributed by atoms with Crippen LogP contribution in [0, 0.1) is 15.9 Å². The molecule has 0 N–H and O–H groups in total. The number of hydrogen-bond donors (Lipinski definition) is 0. The predicted octanol–water partition coefficient (Wildman–Crippen LogP) is 2.34. The second-order valence-electron chi connectivity index (χ2n) is 4.78. The number of epoxide rings is 1. The van der Waals surface area contributed by atoms with E-state index in [1.54, 1.807) is 13.8 Å². The molecule has 0 bridgehead atoms. The summed E-state index contributed by atoms with van der Waals surface area (Å²) in [6.45, 7) is 3.60. The maximum absolute atomic E-state index is 13.3. The van der Waals surface area contributed by atoms with E-state index in [1.807, 2.05) is 0 Å². The van der Waals surface area contributed by atoms with Crippen LogP contribution in [-0.4, -0.2) is 16.6 Å². The van der Waals surface area contributed by atoms with Crippen LogP contribution < -0.4 is 4.74 Å².